The van der Waals surface area contributed by atoms with Gasteiger partial charge in [0.25, 0.3) is 0 Å². The average Bonchev–Trinajstić information content (AvgIpc) is 2.50. The van der Waals surface area contributed by atoms with Gasteiger partial charge in [-0.2, -0.15) is 11.8 Å². The van der Waals surface area contributed by atoms with E-state index in [1.807, 2.05) is 18.4 Å². The first-order chi connectivity index (χ1) is 9.59. The fraction of sp³-hybridized carbons (Fsp3) is 0.500. The topological polar surface area (TPSA) is 82.1 Å². The van der Waals surface area contributed by atoms with Gasteiger partial charge in [-0.05, 0) is 36.8 Å². The maximum absolute atomic E-state index is 9.28. The van der Waals surface area contributed by atoms with Gasteiger partial charge in [0.05, 0.1) is 4.75 Å². The summed E-state index contributed by atoms with van der Waals surface area (Å²) in [6, 6.07) is 7.30. The van der Waals surface area contributed by atoms with Crippen molar-refractivity contribution >= 4 is 17.6 Å². The summed E-state index contributed by atoms with van der Waals surface area (Å²) < 4.78 is -0.236. The molecule has 1 heterocycles. The summed E-state index contributed by atoms with van der Waals surface area (Å²) in [5.41, 5.74) is 7.02. The summed E-state index contributed by atoms with van der Waals surface area (Å²) >= 11 is 1.66. The number of amidine groups is 1. The molecule has 20 heavy (non-hydrogen) atoms. The highest BCUT2D eigenvalue weighted by Gasteiger charge is 2.38. The Hall–Kier alpha value is -1.40. The van der Waals surface area contributed by atoms with Gasteiger partial charge in [0.1, 0.15) is 5.75 Å². The minimum atomic E-state index is -0.236. The summed E-state index contributed by atoms with van der Waals surface area (Å²) in [5, 5.41) is 21.4. The lowest BCUT2D eigenvalue weighted by Crippen LogP contribution is -2.49. The van der Waals surface area contributed by atoms with Crippen LogP contribution >= 0.6 is 11.8 Å². The number of phenolic OH excluding ortho intramolecular Hbond substituents is 1. The molecule has 1 saturated heterocycles. The van der Waals surface area contributed by atoms with Gasteiger partial charge in [-0.25, -0.2) is 0 Å². The van der Waals surface area contributed by atoms with Gasteiger partial charge in [-0.15, -0.1) is 0 Å². The second-order valence-electron chi connectivity index (χ2n) is 5.13. The Morgan fingerprint density at radius 3 is 2.45 bits per heavy atom. The van der Waals surface area contributed by atoms with Gasteiger partial charge in [0.2, 0.25) is 0 Å². The van der Waals surface area contributed by atoms with Crippen molar-refractivity contribution in [3.63, 3.8) is 0 Å². The first-order valence-corrected chi connectivity index (χ1v) is 7.85. The second-order valence-corrected chi connectivity index (χ2v) is 6.32. The molecule has 0 aliphatic carbocycles. The lowest BCUT2D eigenvalue weighted by atomic mass is 9.94. The standard InChI is InChI=1S/C14H21N3O2S/c1-20-14(13(15)16-19)6-8-17(9-7-14)10-11-2-4-12(18)5-3-11/h2-5,18-19H,6-10H2,1H3,(H2,15,16). The number of hydrogen-bond donors (Lipinski definition) is 3. The molecule has 0 amide bonds. The predicted molar refractivity (Wildman–Crippen MR) is 82.3 cm³/mol. The Labute approximate surface area is 123 Å². The molecule has 2 rings (SSSR count). The van der Waals surface area contributed by atoms with Crippen LogP contribution in [0.5, 0.6) is 5.75 Å². The fourth-order valence-electron chi connectivity index (χ4n) is 2.59. The first kappa shape index (κ1) is 15.0. The molecule has 0 radical (unpaired) electrons. The molecule has 110 valence electrons. The van der Waals surface area contributed by atoms with Gasteiger partial charge in [-0.3, -0.25) is 4.90 Å². The van der Waals surface area contributed by atoms with Gasteiger partial charge in [0, 0.05) is 19.6 Å². The highest BCUT2D eigenvalue weighted by Crippen LogP contribution is 2.35. The molecule has 0 spiro atoms. The van der Waals surface area contributed by atoms with Crippen LogP contribution in [0, 0.1) is 0 Å². The quantitative estimate of drug-likeness (QED) is 0.342. The summed E-state index contributed by atoms with van der Waals surface area (Å²) in [5.74, 6) is 0.620. The Morgan fingerprint density at radius 1 is 1.35 bits per heavy atom. The van der Waals surface area contributed by atoms with E-state index in [9.17, 15) is 5.11 Å². The number of phenols is 1. The third-order valence-corrected chi connectivity index (χ3v) is 5.37. The number of thioether (sulfide) groups is 1. The van der Waals surface area contributed by atoms with Gasteiger partial charge in [-0.1, -0.05) is 17.3 Å². The number of piperidine rings is 1. The Morgan fingerprint density at radius 2 is 1.95 bits per heavy atom. The number of nitrogens with two attached hydrogens (primary N) is 1. The molecular formula is C14H21N3O2S. The van der Waals surface area contributed by atoms with Crippen molar-refractivity contribution in [2.24, 2.45) is 10.9 Å². The number of oxime groups is 1. The van der Waals surface area contributed by atoms with E-state index < -0.39 is 0 Å². The van der Waals surface area contributed by atoms with E-state index in [4.69, 9.17) is 10.9 Å². The Balaban J connectivity index is 1.95. The zero-order valence-corrected chi connectivity index (χ0v) is 12.4. The molecule has 1 aromatic carbocycles. The SMILES string of the molecule is CSC1(/C(N)=N/O)CCN(Cc2ccc(O)cc2)CC1. The van der Waals surface area contributed by atoms with Crippen molar-refractivity contribution in [2.75, 3.05) is 19.3 Å². The Bertz CT molecular complexity index is 468. The molecular weight excluding hydrogens is 274 g/mol. The van der Waals surface area contributed by atoms with E-state index in [1.54, 1.807) is 23.9 Å². The summed E-state index contributed by atoms with van der Waals surface area (Å²) in [6.45, 7) is 2.69. The molecule has 0 saturated carbocycles. The molecule has 6 heteroatoms. The van der Waals surface area contributed by atoms with Gasteiger partial charge in [0.15, 0.2) is 5.84 Å². The maximum atomic E-state index is 9.28. The first-order valence-electron chi connectivity index (χ1n) is 6.63. The van der Waals surface area contributed by atoms with Crippen LogP contribution in [0.15, 0.2) is 29.4 Å². The minimum Gasteiger partial charge on any atom is -0.508 e. The summed E-state index contributed by atoms with van der Waals surface area (Å²) in [4.78, 5) is 2.35. The highest BCUT2D eigenvalue weighted by molar-refractivity contribution is 8.00. The normalized spacial score (nSPS) is 19.9. The number of nitrogens with zero attached hydrogens (tertiary/aromatic N) is 2. The van der Waals surface area contributed by atoms with Crippen molar-refractivity contribution in [3.8, 4) is 5.75 Å². The zero-order chi connectivity index (χ0) is 14.6. The molecule has 0 atom stereocenters. The smallest absolute Gasteiger partial charge is 0.155 e. The number of benzene rings is 1. The molecule has 1 aliphatic heterocycles. The summed E-state index contributed by atoms with van der Waals surface area (Å²) in [7, 11) is 0. The third kappa shape index (κ3) is 3.19. The van der Waals surface area contributed by atoms with Crippen molar-refractivity contribution in [1.82, 2.24) is 4.90 Å². The van der Waals surface area contributed by atoms with Crippen LogP contribution in [0.25, 0.3) is 0 Å². The number of aromatic hydroxyl groups is 1. The van der Waals surface area contributed by atoms with Gasteiger partial charge >= 0.3 is 0 Å². The number of rotatable bonds is 4. The van der Waals surface area contributed by atoms with Gasteiger partial charge < -0.3 is 16.0 Å². The average molecular weight is 295 g/mol. The van der Waals surface area contributed by atoms with E-state index in [0.717, 1.165) is 32.5 Å². The monoisotopic (exact) mass is 295 g/mol. The van der Waals surface area contributed by atoms with Crippen LogP contribution in [-0.2, 0) is 6.54 Å². The minimum absolute atomic E-state index is 0.236. The fourth-order valence-corrected chi connectivity index (χ4v) is 3.43. The molecule has 0 unspecified atom stereocenters. The van der Waals surface area contributed by atoms with Crippen molar-refractivity contribution < 1.29 is 10.3 Å². The second kappa shape index (κ2) is 6.37. The maximum Gasteiger partial charge on any atom is 0.155 e. The van der Waals surface area contributed by atoms with Crippen LogP contribution in [0.2, 0.25) is 0 Å². The molecule has 1 fully saturated rings. The largest absolute Gasteiger partial charge is 0.508 e. The van der Waals surface area contributed by atoms with Crippen molar-refractivity contribution in [2.45, 2.75) is 24.1 Å². The van der Waals surface area contributed by atoms with Crippen LogP contribution in [0.3, 0.4) is 0 Å². The van der Waals surface area contributed by atoms with Crippen molar-refractivity contribution in [3.05, 3.63) is 29.8 Å². The van der Waals surface area contributed by atoms with Crippen LogP contribution in [0.1, 0.15) is 18.4 Å². The van der Waals surface area contributed by atoms with E-state index in [0.29, 0.717) is 11.6 Å². The van der Waals surface area contributed by atoms with Crippen LogP contribution in [-0.4, -0.2) is 45.1 Å². The number of likely N-dealkylation sites (tertiary alicyclic amines) is 1. The lowest BCUT2D eigenvalue weighted by molar-refractivity contribution is 0.209. The molecule has 1 aliphatic rings. The molecule has 4 N–H and O–H groups in total. The Kier molecular flexibility index (Phi) is 4.77. The molecule has 0 aromatic heterocycles. The molecule has 5 nitrogen and oxygen atoms in total. The molecule has 1 aromatic rings. The van der Waals surface area contributed by atoms with Crippen molar-refractivity contribution in [1.29, 1.82) is 0 Å². The van der Waals surface area contributed by atoms with E-state index in [2.05, 4.69) is 10.1 Å². The van der Waals surface area contributed by atoms with Crippen LogP contribution < -0.4 is 5.73 Å². The van der Waals surface area contributed by atoms with Crippen LogP contribution in [0.4, 0.5) is 0 Å². The zero-order valence-electron chi connectivity index (χ0n) is 11.6. The third-order valence-electron chi connectivity index (χ3n) is 3.97. The van der Waals surface area contributed by atoms with E-state index >= 15 is 0 Å². The summed E-state index contributed by atoms with van der Waals surface area (Å²) in [6.07, 6.45) is 3.76. The predicted octanol–water partition coefficient (Wildman–Crippen LogP) is 1.84. The van der Waals surface area contributed by atoms with E-state index in [1.165, 1.54) is 5.56 Å². The number of hydrogen-bond acceptors (Lipinski definition) is 5. The van der Waals surface area contributed by atoms with E-state index in [-0.39, 0.29) is 4.75 Å². The molecule has 0 bridgehead atoms. The lowest BCUT2D eigenvalue weighted by Gasteiger charge is -2.39. The highest BCUT2D eigenvalue weighted by atomic mass is 32.2.